The van der Waals surface area contributed by atoms with Gasteiger partial charge in [0.15, 0.2) is 0 Å². The van der Waals surface area contributed by atoms with E-state index in [0.717, 1.165) is 5.56 Å². The molecule has 0 fully saturated rings. The summed E-state index contributed by atoms with van der Waals surface area (Å²) in [7, 11) is 0. The van der Waals surface area contributed by atoms with Gasteiger partial charge in [-0.25, -0.2) is 4.79 Å². The van der Waals surface area contributed by atoms with Gasteiger partial charge in [0.2, 0.25) is 11.8 Å². The van der Waals surface area contributed by atoms with Gasteiger partial charge in [0.25, 0.3) is 0 Å². The summed E-state index contributed by atoms with van der Waals surface area (Å²) in [5.41, 5.74) is 1.79. The predicted molar refractivity (Wildman–Crippen MR) is 110 cm³/mol. The van der Waals surface area contributed by atoms with Crippen molar-refractivity contribution >= 4 is 35.2 Å². The Balaban J connectivity index is 1.81. The SMILES string of the molecule is CC(NC(=O)C(Cc1ccccc1)NC(=O)N1CC(=O)Nc2ccccc21)C(=O)O. The van der Waals surface area contributed by atoms with Crippen molar-refractivity contribution in [3.05, 3.63) is 60.2 Å². The first-order valence-corrected chi connectivity index (χ1v) is 9.39. The van der Waals surface area contributed by atoms with E-state index in [-0.39, 0.29) is 18.9 Å². The Morgan fingerprint density at radius 1 is 1.07 bits per heavy atom. The average molecular weight is 410 g/mol. The first kappa shape index (κ1) is 20.8. The molecular weight excluding hydrogens is 388 g/mol. The Kier molecular flexibility index (Phi) is 6.31. The molecule has 2 atom stereocenters. The number of nitrogens with zero attached hydrogens (tertiary/aromatic N) is 1. The van der Waals surface area contributed by atoms with Crippen LogP contribution in [0.25, 0.3) is 0 Å². The van der Waals surface area contributed by atoms with Crippen LogP contribution < -0.4 is 20.9 Å². The number of urea groups is 1. The molecule has 156 valence electrons. The fourth-order valence-corrected chi connectivity index (χ4v) is 3.08. The van der Waals surface area contributed by atoms with E-state index in [9.17, 15) is 19.2 Å². The molecule has 9 heteroatoms. The molecule has 1 aliphatic rings. The largest absolute Gasteiger partial charge is 0.480 e. The number of carboxylic acid groups (broad SMARTS) is 1. The normalized spacial score (nSPS) is 14.7. The Labute approximate surface area is 173 Å². The number of hydrogen-bond acceptors (Lipinski definition) is 4. The van der Waals surface area contributed by atoms with Crippen molar-refractivity contribution in [3.63, 3.8) is 0 Å². The van der Waals surface area contributed by atoms with Gasteiger partial charge < -0.3 is 21.1 Å². The topological polar surface area (TPSA) is 128 Å². The van der Waals surface area contributed by atoms with Crippen LogP contribution in [-0.2, 0) is 20.8 Å². The quantitative estimate of drug-likeness (QED) is 0.572. The molecule has 0 aliphatic carbocycles. The minimum absolute atomic E-state index is 0.159. The molecule has 1 heterocycles. The zero-order chi connectivity index (χ0) is 21.7. The van der Waals surface area contributed by atoms with Crippen molar-refractivity contribution in [2.75, 3.05) is 16.8 Å². The number of fused-ring (bicyclic) bond motifs is 1. The predicted octanol–water partition coefficient (Wildman–Crippen LogP) is 1.36. The summed E-state index contributed by atoms with van der Waals surface area (Å²) in [5.74, 6) is -2.17. The van der Waals surface area contributed by atoms with Crippen molar-refractivity contribution in [1.82, 2.24) is 10.6 Å². The molecule has 1 aliphatic heterocycles. The molecule has 0 aromatic heterocycles. The summed E-state index contributed by atoms with van der Waals surface area (Å²) in [6, 6.07) is 13.1. The smallest absolute Gasteiger partial charge is 0.325 e. The second-order valence-electron chi connectivity index (χ2n) is 6.91. The molecule has 0 bridgehead atoms. The molecule has 0 saturated carbocycles. The number of nitrogens with one attached hydrogen (secondary N) is 3. The lowest BCUT2D eigenvalue weighted by Crippen LogP contribution is -2.56. The van der Waals surface area contributed by atoms with Gasteiger partial charge in [-0.05, 0) is 24.6 Å². The highest BCUT2D eigenvalue weighted by molar-refractivity contribution is 6.10. The third-order valence-electron chi connectivity index (χ3n) is 4.64. The van der Waals surface area contributed by atoms with Crippen LogP contribution in [0.1, 0.15) is 12.5 Å². The minimum Gasteiger partial charge on any atom is -0.480 e. The number of carbonyl (C=O) groups is 4. The van der Waals surface area contributed by atoms with Crippen molar-refractivity contribution in [2.45, 2.75) is 25.4 Å². The van der Waals surface area contributed by atoms with Gasteiger partial charge >= 0.3 is 12.0 Å². The Bertz CT molecular complexity index is 963. The van der Waals surface area contributed by atoms with Gasteiger partial charge in [-0.3, -0.25) is 19.3 Å². The summed E-state index contributed by atoms with van der Waals surface area (Å²) in [5, 5.41) is 16.8. The minimum atomic E-state index is -1.19. The van der Waals surface area contributed by atoms with Crippen LogP contribution in [0.5, 0.6) is 0 Å². The standard InChI is InChI=1S/C21H22N4O5/c1-13(20(28)29)22-19(27)16(11-14-7-3-2-4-8-14)24-21(30)25-12-18(26)23-15-9-5-6-10-17(15)25/h2-10,13,16H,11-12H2,1H3,(H,22,27)(H,23,26)(H,24,30)(H,28,29). The molecule has 30 heavy (non-hydrogen) atoms. The third kappa shape index (κ3) is 4.93. The summed E-state index contributed by atoms with van der Waals surface area (Å²) >= 11 is 0. The average Bonchev–Trinajstić information content (AvgIpc) is 2.73. The molecule has 2 aromatic carbocycles. The summed E-state index contributed by atoms with van der Waals surface area (Å²) < 4.78 is 0. The third-order valence-corrected chi connectivity index (χ3v) is 4.64. The number of hydrogen-bond donors (Lipinski definition) is 4. The lowest BCUT2D eigenvalue weighted by molar-refractivity contribution is -0.141. The van der Waals surface area contributed by atoms with E-state index in [2.05, 4.69) is 16.0 Å². The van der Waals surface area contributed by atoms with E-state index in [1.54, 1.807) is 48.5 Å². The van der Waals surface area contributed by atoms with Gasteiger partial charge in [-0.1, -0.05) is 42.5 Å². The van der Waals surface area contributed by atoms with Crippen LogP contribution in [-0.4, -0.2) is 47.5 Å². The summed E-state index contributed by atoms with van der Waals surface area (Å²) in [4.78, 5) is 50.0. The van der Waals surface area contributed by atoms with Gasteiger partial charge in [0.1, 0.15) is 18.6 Å². The van der Waals surface area contributed by atoms with E-state index in [1.165, 1.54) is 11.8 Å². The van der Waals surface area contributed by atoms with E-state index < -0.39 is 30.0 Å². The molecule has 9 nitrogen and oxygen atoms in total. The first-order valence-electron chi connectivity index (χ1n) is 9.39. The summed E-state index contributed by atoms with van der Waals surface area (Å²) in [6.45, 7) is 1.14. The lowest BCUT2D eigenvalue weighted by Gasteiger charge is -2.30. The molecule has 2 unspecified atom stereocenters. The van der Waals surface area contributed by atoms with Crippen molar-refractivity contribution in [1.29, 1.82) is 0 Å². The van der Waals surface area contributed by atoms with Crippen molar-refractivity contribution < 1.29 is 24.3 Å². The van der Waals surface area contributed by atoms with Crippen LogP contribution in [0.4, 0.5) is 16.2 Å². The van der Waals surface area contributed by atoms with Crippen LogP contribution in [0, 0.1) is 0 Å². The Hall–Kier alpha value is -3.88. The highest BCUT2D eigenvalue weighted by Crippen LogP contribution is 2.28. The zero-order valence-electron chi connectivity index (χ0n) is 16.3. The van der Waals surface area contributed by atoms with Crippen LogP contribution in [0.2, 0.25) is 0 Å². The van der Waals surface area contributed by atoms with E-state index in [0.29, 0.717) is 11.4 Å². The molecule has 4 N–H and O–H groups in total. The second kappa shape index (κ2) is 9.08. The van der Waals surface area contributed by atoms with Gasteiger partial charge in [0.05, 0.1) is 11.4 Å². The molecular formula is C21H22N4O5. The zero-order valence-corrected chi connectivity index (χ0v) is 16.3. The van der Waals surface area contributed by atoms with Gasteiger partial charge in [-0.15, -0.1) is 0 Å². The number of benzene rings is 2. The first-order chi connectivity index (χ1) is 14.3. The van der Waals surface area contributed by atoms with Crippen LogP contribution >= 0.6 is 0 Å². The number of carbonyl (C=O) groups excluding carboxylic acids is 3. The van der Waals surface area contributed by atoms with Crippen molar-refractivity contribution in [3.8, 4) is 0 Å². The molecule has 0 saturated heterocycles. The molecule has 4 amide bonds. The highest BCUT2D eigenvalue weighted by Gasteiger charge is 2.30. The van der Waals surface area contributed by atoms with Crippen LogP contribution in [0.3, 0.4) is 0 Å². The van der Waals surface area contributed by atoms with Crippen LogP contribution in [0.15, 0.2) is 54.6 Å². The lowest BCUT2D eigenvalue weighted by atomic mass is 10.0. The maximum absolute atomic E-state index is 13.0. The van der Waals surface area contributed by atoms with E-state index in [4.69, 9.17) is 5.11 Å². The monoisotopic (exact) mass is 410 g/mol. The second-order valence-corrected chi connectivity index (χ2v) is 6.91. The molecule has 2 aromatic rings. The number of anilines is 2. The van der Waals surface area contributed by atoms with E-state index >= 15 is 0 Å². The van der Waals surface area contributed by atoms with Crippen molar-refractivity contribution in [2.24, 2.45) is 0 Å². The highest BCUT2D eigenvalue weighted by atomic mass is 16.4. The Morgan fingerprint density at radius 3 is 2.43 bits per heavy atom. The fraction of sp³-hybridized carbons (Fsp3) is 0.238. The van der Waals surface area contributed by atoms with Gasteiger partial charge in [-0.2, -0.15) is 0 Å². The maximum atomic E-state index is 13.0. The number of amides is 4. The maximum Gasteiger partial charge on any atom is 0.325 e. The van der Waals surface area contributed by atoms with Gasteiger partial charge in [0, 0.05) is 6.42 Å². The Morgan fingerprint density at radius 2 is 1.73 bits per heavy atom. The number of aliphatic carboxylic acids is 1. The molecule has 3 rings (SSSR count). The molecule has 0 radical (unpaired) electrons. The number of carboxylic acids is 1. The number of rotatable bonds is 6. The van der Waals surface area contributed by atoms with E-state index in [1.807, 2.05) is 6.07 Å². The summed E-state index contributed by atoms with van der Waals surface area (Å²) in [6.07, 6.45) is 0.159. The molecule has 0 spiro atoms. The fourth-order valence-electron chi connectivity index (χ4n) is 3.08. The number of para-hydroxylation sites is 2.